The molecule has 2 aromatic rings. The van der Waals surface area contributed by atoms with E-state index in [0.29, 0.717) is 6.61 Å². The summed E-state index contributed by atoms with van der Waals surface area (Å²) in [7, 11) is 0. The van der Waals surface area contributed by atoms with E-state index in [1.807, 2.05) is 11.5 Å². The molecule has 19 heavy (non-hydrogen) atoms. The number of carboxylic acids is 1. The van der Waals surface area contributed by atoms with E-state index in [4.69, 9.17) is 9.84 Å². The molecule has 1 heterocycles. The predicted octanol–water partition coefficient (Wildman–Crippen LogP) is 2.11. The normalized spacial score (nSPS) is 10.4. The summed E-state index contributed by atoms with van der Waals surface area (Å²) in [5.41, 5.74) is 1.77. The monoisotopic (exact) mass is 260 g/mol. The Hall–Kier alpha value is -2.30. The Bertz CT molecular complexity index is 546. The first-order valence-corrected chi connectivity index (χ1v) is 6.11. The van der Waals surface area contributed by atoms with Crippen molar-refractivity contribution in [3.8, 4) is 5.75 Å². The maximum atomic E-state index is 10.6. The number of hydrogen-bond donors (Lipinski definition) is 1. The van der Waals surface area contributed by atoms with Crippen molar-refractivity contribution in [1.29, 1.82) is 0 Å². The number of aliphatic carboxylic acids is 1. The van der Waals surface area contributed by atoms with Crippen LogP contribution in [-0.2, 0) is 24.4 Å². The van der Waals surface area contributed by atoms with Gasteiger partial charge in [0.05, 0.1) is 24.6 Å². The van der Waals surface area contributed by atoms with Crippen molar-refractivity contribution in [1.82, 2.24) is 9.55 Å². The van der Waals surface area contributed by atoms with Crippen molar-refractivity contribution >= 4 is 5.97 Å². The smallest absolute Gasteiger partial charge is 0.307 e. The molecule has 0 radical (unpaired) electrons. The molecule has 0 aliphatic carbocycles. The molecule has 1 aromatic carbocycles. The van der Waals surface area contributed by atoms with E-state index in [1.165, 1.54) is 0 Å². The van der Waals surface area contributed by atoms with E-state index in [9.17, 15) is 4.79 Å². The summed E-state index contributed by atoms with van der Waals surface area (Å²) in [5, 5.41) is 8.68. The van der Waals surface area contributed by atoms with Crippen LogP contribution in [0.5, 0.6) is 5.75 Å². The van der Waals surface area contributed by atoms with Gasteiger partial charge in [-0.25, -0.2) is 4.98 Å². The summed E-state index contributed by atoms with van der Waals surface area (Å²) in [6.07, 6.45) is 3.58. The fourth-order valence-corrected chi connectivity index (χ4v) is 1.79. The second-order valence-corrected chi connectivity index (χ2v) is 4.17. The van der Waals surface area contributed by atoms with Crippen LogP contribution in [0.2, 0.25) is 0 Å². The highest BCUT2D eigenvalue weighted by Gasteiger charge is 2.03. The van der Waals surface area contributed by atoms with Crippen LogP contribution in [0, 0.1) is 0 Å². The fourth-order valence-electron chi connectivity index (χ4n) is 1.79. The summed E-state index contributed by atoms with van der Waals surface area (Å²) in [4.78, 5) is 14.6. The van der Waals surface area contributed by atoms with Gasteiger partial charge >= 0.3 is 5.97 Å². The second-order valence-electron chi connectivity index (χ2n) is 4.17. The SMILES string of the molecule is CCn1cncc1COc1ccc(CC(=O)O)cc1. The molecule has 100 valence electrons. The molecule has 2 rings (SSSR count). The standard InChI is InChI=1S/C14H16N2O3/c1-2-16-10-15-8-12(16)9-19-13-5-3-11(4-6-13)7-14(17)18/h3-6,8,10H,2,7,9H2,1H3,(H,17,18). The minimum Gasteiger partial charge on any atom is -0.487 e. The highest BCUT2D eigenvalue weighted by molar-refractivity contribution is 5.70. The van der Waals surface area contributed by atoms with Gasteiger partial charge in [-0.15, -0.1) is 0 Å². The molecule has 0 unspecified atom stereocenters. The number of aromatic nitrogens is 2. The van der Waals surface area contributed by atoms with Gasteiger partial charge in [-0.1, -0.05) is 12.1 Å². The molecule has 0 bridgehead atoms. The molecule has 1 N–H and O–H groups in total. The zero-order chi connectivity index (χ0) is 13.7. The molecule has 5 nitrogen and oxygen atoms in total. The highest BCUT2D eigenvalue weighted by atomic mass is 16.5. The van der Waals surface area contributed by atoms with E-state index in [2.05, 4.69) is 4.98 Å². The third-order valence-corrected chi connectivity index (χ3v) is 2.80. The molecule has 0 amide bonds. The van der Waals surface area contributed by atoms with Gasteiger partial charge in [0.1, 0.15) is 12.4 Å². The first kappa shape index (κ1) is 13.1. The Morgan fingerprint density at radius 3 is 2.74 bits per heavy atom. The van der Waals surface area contributed by atoms with Gasteiger partial charge in [0.15, 0.2) is 0 Å². The molecular weight excluding hydrogens is 244 g/mol. The quantitative estimate of drug-likeness (QED) is 0.864. The van der Waals surface area contributed by atoms with E-state index in [0.717, 1.165) is 23.6 Å². The number of hydrogen-bond acceptors (Lipinski definition) is 3. The summed E-state index contributed by atoms with van der Waals surface area (Å²) >= 11 is 0. The molecule has 0 saturated carbocycles. The van der Waals surface area contributed by atoms with Gasteiger partial charge in [0.25, 0.3) is 0 Å². The van der Waals surface area contributed by atoms with E-state index >= 15 is 0 Å². The van der Waals surface area contributed by atoms with Crippen molar-refractivity contribution in [3.05, 3.63) is 48.0 Å². The van der Waals surface area contributed by atoms with E-state index in [1.54, 1.807) is 36.8 Å². The molecule has 0 saturated heterocycles. The van der Waals surface area contributed by atoms with E-state index < -0.39 is 5.97 Å². The lowest BCUT2D eigenvalue weighted by Crippen LogP contribution is -2.04. The Morgan fingerprint density at radius 1 is 1.37 bits per heavy atom. The molecule has 0 spiro atoms. The molecule has 0 aliphatic rings. The number of aryl methyl sites for hydroxylation is 1. The lowest BCUT2D eigenvalue weighted by atomic mass is 10.1. The Labute approximate surface area is 111 Å². The summed E-state index contributed by atoms with van der Waals surface area (Å²) < 4.78 is 7.66. The highest BCUT2D eigenvalue weighted by Crippen LogP contribution is 2.14. The van der Waals surface area contributed by atoms with Crippen LogP contribution in [0.15, 0.2) is 36.8 Å². The molecular formula is C14H16N2O3. The van der Waals surface area contributed by atoms with Crippen LogP contribution in [0.1, 0.15) is 18.2 Å². The van der Waals surface area contributed by atoms with Crippen LogP contribution < -0.4 is 4.74 Å². The third kappa shape index (κ3) is 3.58. The van der Waals surface area contributed by atoms with Gasteiger partial charge in [-0.3, -0.25) is 4.79 Å². The summed E-state index contributed by atoms with van der Waals surface area (Å²) in [5.74, 6) is -0.112. The number of imidazole rings is 1. The topological polar surface area (TPSA) is 64.4 Å². The van der Waals surface area contributed by atoms with Crippen LogP contribution in [0.4, 0.5) is 0 Å². The lowest BCUT2D eigenvalue weighted by molar-refractivity contribution is -0.136. The van der Waals surface area contributed by atoms with Gasteiger partial charge in [-0.05, 0) is 24.6 Å². The predicted molar refractivity (Wildman–Crippen MR) is 70.0 cm³/mol. The first-order valence-electron chi connectivity index (χ1n) is 6.11. The van der Waals surface area contributed by atoms with Crippen LogP contribution >= 0.6 is 0 Å². The van der Waals surface area contributed by atoms with Crippen molar-refractivity contribution in [2.75, 3.05) is 0 Å². The zero-order valence-corrected chi connectivity index (χ0v) is 10.7. The lowest BCUT2D eigenvalue weighted by Gasteiger charge is -2.08. The van der Waals surface area contributed by atoms with Crippen molar-refractivity contribution < 1.29 is 14.6 Å². The first-order chi connectivity index (χ1) is 9.19. The van der Waals surface area contributed by atoms with Gasteiger partial charge in [0.2, 0.25) is 0 Å². The van der Waals surface area contributed by atoms with E-state index in [-0.39, 0.29) is 6.42 Å². The minimum absolute atomic E-state index is 0.0306. The van der Waals surface area contributed by atoms with Gasteiger partial charge in [-0.2, -0.15) is 0 Å². The molecule has 1 aromatic heterocycles. The van der Waals surface area contributed by atoms with Crippen LogP contribution in [0.25, 0.3) is 0 Å². The van der Waals surface area contributed by atoms with Crippen LogP contribution in [0.3, 0.4) is 0 Å². The second kappa shape index (κ2) is 6.04. The Balaban J connectivity index is 1.94. The van der Waals surface area contributed by atoms with Gasteiger partial charge < -0.3 is 14.4 Å². The van der Waals surface area contributed by atoms with Gasteiger partial charge in [0, 0.05) is 6.54 Å². The van der Waals surface area contributed by atoms with Crippen molar-refractivity contribution in [2.45, 2.75) is 26.5 Å². The third-order valence-electron chi connectivity index (χ3n) is 2.80. The molecule has 0 atom stereocenters. The Kier molecular flexibility index (Phi) is 4.18. The largest absolute Gasteiger partial charge is 0.487 e. The maximum absolute atomic E-state index is 10.6. The van der Waals surface area contributed by atoms with Crippen molar-refractivity contribution in [2.24, 2.45) is 0 Å². The minimum atomic E-state index is -0.833. The average Bonchev–Trinajstić information content (AvgIpc) is 2.84. The van der Waals surface area contributed by atoms with Crippen LogP contribution in [-0.4, -0.2) is 20.6 Å². The number of benzene rings is 1. The number of carbonyl (C=O) groups is 1. The molecule has 0 fully saturated rings. The Morgan fingerprint density at radius 2 is 2.11 bits per heavy atom. The summed E-state index contributed by atoms with van der Waals surface area (Å²) in [6.45, 7) is 3.36. The number of rotatable bonds is 6. The fraction of sp³-hybridized carbons (Fsp3) is 0.286. The zero-order valence-electron chi connectivity index (χ0n) is 10.7. The number of carboxylic acid groups (broad SMARTS) is 1. The average molecular weight is 260 g/mol. The van der Waals surface area contributed by atoms with Crippen molar-refractivity contribution in [3.63, 3.8) is 0 Å². The number of nitrogens with zero attached hydrogens (tertiary/aromatic N) is 2. The maximum Gasteiger partial charge on any atom is 0.307 e. The molecule has 0 aliphatic heterocycles. The number of ether oxygens (including phenoxy) is 1. The summed E-state index contributed by atoms with van der Waals surface area (Å²) in [6, 6.07) is 7.09. The molecule has 5 heteroatoms.